The van der Waals surface area contributed by atoms with Crippen LogP contribution < -0.4 is 11.1 Å². The molecule has 0 saturated carbocycles. The van der Waals surface area contributed by atoms with Gasteiger partial charge in [0.2, 0.25) is 5.78 Å². The molecule has 8 heteroatoms. The van der Waals surface area contributed by atoms with Crippen molar-refractivity contribution in [3.63, 3.8) is 0 Å². The topological polar surface area (TPSA) is 120 Å². The zero-order chi connectivity index (χ0) is 22.7. The van der Waals surface area contributed by atoms with Crippen molar-refractivity contribution in [2.75, 3.05) is 0 Å². The van der Waals surface area contributed by atoms with Crippen LogP contribution in [0.4, 0.5) is 0 Å². The number of primary amides is 1. The van der Waals surface area contributed by atoms with Gasteiger partial charge >= 0.3 is 0 Å². The number of nitrogens with one attached hydrogen (secondary N) is 1. The van der Waals surface area contributed by atoms with Crippen LogP contribution in [0.5, 0.6) is 0 Å². The molecule has 0 saturated heterocycles. The number of Topliss-reactive ketones (excluding diaryl/α,β-unsaturated/α-hetero) is 1. The number of nitrogens with zero attached hydrogens (tertiary/aromatic N) is 3. The van der Waals surface area contributed by atoms with E-state index in [4.69, 9.17) is 5.73 Å². The number of amides is 2. The highest BCUT2D eigenvalue weighted by atomic mass is 16.2. The number of benzene rings is 2. The second kappa shape index (κ2) is 8.81. The monoisotopic (exact) mass is 427 g/mol. The Labute approximate surface area is 184 Å². The maximum Gasteiger partial charge on any atom is 0.287 e. The molecule has 32 heavy (non-hydrogen) atoms. The molecule has 0 radical (unpaired) electrons. The predicted molar refractivity (Wildman–Crippen MR) is 119 cm³/mol. The Hall–Kier alpha value is -4.33. The van der Waals surface area contributed by atoms with Crippen LogP contribution in [-0.2, 0) is 16.0 Å². The van der Waals surface area contributed by atoms with Gasteiger partial charge in [-0.05, 0) is 35.4 Å². The van der Waals surface area contributed by atoms with E-state index in [9.17, 15) is 14.4 Å². The summed E-state index contributed by atoms with van der Waals surface area (Å²) in [5.41, 5.74) is 6.24. The molecule has 0 aliphatic heterocycles. The fourth-order valence-corrected chi connectivity index (χ4v) is 3.59. The van der Waals surface area contributed by atoms with Crippen molar-refractivity contribution in [2.24, 2.45) is 5.73 Å². The van der Waals surface area contributed by atoms with Crippen molar-refractivity contribution in [1.82, 2.24) is 19.9 Å². The van der Waals surface area contributed by atoms with Gasteiger partial charge in [0.1, 0.15) is 23.4 Å². The van der Waals surface area contributed by atoms with E-state index in [0.29, 0.717) is 11.6 Å². The summed E-state index contributed by atoms with van der Waals surface area (Å²) in [6.07, 6.45) is 3.13. The number of ketones is 1. The van der Waals surface area contributed by atoms with Gasteiger partial charge < -0.3 is 11.1 Å². The lowest BCUT2D eigenvalue weighted by Gasteiger charge is -2.17. The first kappa shape index (κ1) is 20.9. The van der Waals surface area contributed by atoms with Gasteiger partial charge in [-0.2, -0.15) is 0 Å². The van der Waals surface area contributed by atoms with Crippen LogP contribution in [0.1, 0.15) is 21.9 Å². The first-order chi connectivity index (χ1) is 15.4. The summed E-state index contributed by atoms with van der Waals surface area (Å²) in [6, 6.07) is 17.7. The molecule has 4 rings (SSSR count). The summed E-state index contributed by atoms with van der Waals surface area (Å²) in [5, 5.41) is 4.70. The molecule has 0 spiro atoms. The second-order valence-electron chi connectivity index (χ2n) is 7.35. The molecule has 2 aromatic heterocycles. The molecular formula is C24H21N5O3. The third-order valence-corrected chi connectivity index (χ3v) is 5.17. The Kier molecular flexibility index (Phi) is 5.76. The van der Waals surface area contributed by atoms with Gasteiger partial charge in [0.15, 0.2) is 0 Å². The molecule has 4 aromatic rings. The highest BCUT2D eigenvalue weighted by Gasteiger charge is 2.27. The molecular weight excluding hydrogens is 406 g/mol. The standard InChI is InChI=1S/C24H21N5O3/c1-15-27-14-20(29(15)21-8-4-5-11-26-21)24(32)28-19(22(30)23(25)31)13-16-9-10-17-6-2-3-7-18(17)12-16/h2-12,14,19H,13H2,1H3,(H2,25,31)(H,28,32). The largest absolute Gasteiger partial charge is 0.363 e. The van der Waals surface area contributed by atoms with E-state index in [1.54, 1.807) is 35.9 Å². The van der Waals surface area contributed by atoms with Gasteiger partial charge in [-0.15, -0.1) is 0 Å². The smallest absolute Gasteiger partial charge is 0.287 e. The number of carbonyl (C=O) groups is 3. The zero-order valence-corrected chi connectivity index (χ0v) is 17.4. The van der Waals surface area contributed by atoms with Crippen molar-refractivity contribution in [3.05, 3.63) is 90.1 Å². The number of hydrogen-bond donors (Lipinski definition) is 2. The maximum atomic E-state index is 13.1. The van der Waals surface area contributed by atoms with Gasteiger partial charge in [0.05, 0.1) is 6.20 Å². The molecule has 8 nitrogen and oxygen atoms in total. The van der Waals surface area contributed by atoms with Gasteiger partial charge in [0.25, 0.3) is 11.8 Å². The fraction of sp³-hybridized carbons (Fsp3) is 0.125. The molecule has 3 N–H and O–H groups in total. The molecule has 2 aromatic carbocycles. The lowest BCUT2D eigenvalue weighted by atomic mass is 9.99. The maximum absolute atomic E-state index is 13.1. The number of fused-ring (bicyclic) bond motifs is 1. The van der Waals surface area contributed by atoms with Gasteiger partial charge in [-0.25, -0.2) is 9.97 Å². The Morgan fingerprint density at radius 3 is 2.47 bits per heavy atom. The number of rotatable bonds is 7. The summed E-state index contributed by atoms with van der Waals surface area (Å²) in [5.74, 6) is -1.46. The number of aromatic nitrogens is 3. The molecule has 0 bridgehead atoms. The van der Waals surface area contributed by atoms with E-state index in [0.717, 1.165) is 16.3 Å². The predicted octanol–water partition coefficient (Wildman–Crippen LogP) is 2.12. The number of nitrogens with two attached hydrogens (primary N) is 1. The van der Waals surface area contributed by atoms with Crippen LogP contribution in [-0.4, -0.2) is 38.2 Å². The minimum atomic E-state index is -1.12. The fourth-order valence-electron chi connectivity index (χ4n) is 3.59. The zero-order valence-electron chi connectivity index (χ0n) is 17.4. The van der Waals surface area contributed by atoms with E-state index in [2.05, 4.69) is 15.3 Å². The Morgan fingerprint density at radius 2 is 1.75 bits per heavy atom. The number of aryl methyl sites for hydroxylation is 1. The summed E-state index contributed by atoms with van der Waals surface area (Å²) >= 11 is 0. The van der Waals surface area contributed by atoms with E-state index < -0.39 is 23.6 Å². The average Bonchev–Trinajstić information content (AvgIpc) is 3.20. The minimum Gasteiger partial charge on any atom is -0.363 e. The van der Waals surface area contributed by atoms with Crippen LogP contribution in [0, 0.1) is 6.92 Å². The minimum absolute atomic E-state index is 0.120. The lowest BCUT2D eigenvalue weighted by molar-refractivity contribution is -0.137. The van der Waals surface area contributed by atoms with E-state index >= 15 is 0 Å². The Balaban J connectivity index is 1.63. The lowest BCUT2D eigenvalue weighted by Crippen LogP contribution is -2.47. The van der Waals surface area contributed by atoms with Crippen molar-refractivity contribution in [2.45, 2.75) is 19.4 Å². The van der Waals surface area contributed by atoms with Crippen LogP contribution in [0.3, 0.4) is 0 Å². The highest BCUT2D eigenvalue weighted by Crippen LogP contribution is 2.18. The highest BCUT2D eigenvalue weighted by molar-refractivity contribution is 6.38. The first-order valence-corrected chi connectivity index (χ1v) is 10.0. The molecule has 160 valence electrons. The third-order valence-electron chi connectivity index (χ3n) is 5.17. The van der Waals surface area contributed by atoms with E-state index in [1.165, 1.54) is 6.20 Å². The summed E-state index contributed by atoms with van der Waals surface area (Å²) in [7, 11) is 0. The van der Waals surface area contributed by atoms with Gasteiger partial charge in [-0.1, -0.05) is 48.5 Å². The number of hydrogen-bond acceptors (Lipinski definition) is 5. The average molecular weight is 427 g/mol. The van der Waals surface area contributed by atoms with Gasteiger partial charge in [-0.3, -0.25) is 19.0 Å². The van der Waals surface area contributed by atoms with E-state index in [1.807, 2.05) is 42.5 Å². The van der Waals surface area contributed by atoms with Crippen LogP contribution in [0.25, 0.3) is 16.6 Å². The molecule has 2 heterocycles. The summed E-state index contributed by atoms with van der Waals surface area (Å²) in [6.45, 7) is 1.74. The Morgan fingerprint density at radius 1 is 1.00 bits per heavy atom. The van der Waals surface area contributed by atoms with Crippen LogP contribution in [0.15, 0.2) is 73.1 Å². The molecule has 0 aliphatic rings. The van der Waals surface area contributed by atoms with Crippen molar-refractivity contribution >= 4 is 28.4 Å². The van der Waals surface area contributed by atoms with Crippen LogP contribution >= 0.6 is 0 Å². The van der Waals surface area contributed by atoms with Crippen LogP contribution in [0.2, 0.25) is 0 Å². The van der Waals surface area contributed by atoms with Crippen molar-refractivity contribution in [1.29, 1.82) is 0 Å². The van der Waals surface area contributed by atoms with Gasteiger partial charge in [0, 0.05) is 12.6 Å². The second-order valence-corrected chi connectivity index (χ2v) is 7.35. The molecule has 0 aliphatic carbocycles. The molecule has 2 amide bonds. The SMILES string of the molecule is Cc1ncc(C(=O)NC(Cc2ccc3ccccc3c2)C(=O)C(N)=O)n1-c1ccccn1. The van der Waals surface area contributed by atoms with Crippen molar-refractivity contribution in [3.8, 4) is 5.82 Å². The normalized spacial score (nSPS) is 11.8. The summed E-state index contributed by atoms with van der Waals surface area (Å²) in [4.78, 5) is 45.7. The number of imidazole rings is 1. The first-order valence-electron chi connectivity index (χ1n) is 10.0. The number of pyridine rings is 1. The van der Waals surface area contributed by atoms with E-state index in [-0.39, 0.29) is 12.1 Å². The number of carbonyl (C=O) groups excluding carboxylic acids is 3. The quantitative estimate of drug-likeness (QED) is 0.438. The molecule has 0 fully saturated rings. The molecule has 1 atom stereocenters. The molecule has 1 unspecified atom stereocenters. The Bertz CT molecular complexity index is 1310. The van der Waals surface area contributed by atoms with Crippen molar-refractivity contribution < 1.29 is 14.4 Å². The summed E-state index contributed by atoms with van der Waals surface area (Å²) < 4.78 is 1.58. The third kappa shape index (κ3) is 4.24.